The van der Waals surface area contributed by atoms with Crippen molar-refractivity contribution < 1.29 is 4.79 Å². The van der Waals surface area contributed by atoms with Gasteiger partial charge in [0.15, 0.2) is 5.78 Å². The number of hydrogen-bond acceptors (Lipinski definition) is 5. The molecule has 0 radical (unpaired) electrons. The van der Waals surface area contributed by atoms with Gasteiger partial charge in [0.05, 0.1) is 16.8 Å². The zero-order valence-corrected chi connectivity index (χ0v) is 12.6. The Balaban J connectivity index is 1.70. The van der Waals surface area contributed by atoms with Crippen molar-refractivity contribution in [1.82, 2.24) is 20.2 Å². The summed E-state index contributed by atoms with van der Waals surface area (Å²) < 4.78 is 1.78. The highest BCUT2D eigenvalue weighted by atomic mass is 35.5. The normalized spacial score (nSPS) is 14.5. The highest BCUT2D eigenvalue weighted by molar-refractivity contribution is 7.99. The maximum atomic E-state index is 12.2. The minimum absolute atomic E-state index is 0.0900. The zero-order chi connectivity index (χ0) is 14.1. The third-order valence-electron chi connectivity index (χ3n) is 2.92. The molecule has 2 aromatic rings. The van der Waals surface area contributed by atoms with E-state index < -0.39 is 0 Å². The first-order chi connectivity index (χ1) is 9.65. The fraction of sp³-hybridized carbons (Fsp3) is 0.333. The number of ketones is 1. The van der Waals surface area contributed by atoms with Gasteiger partial charge in [0.2, 0.25) is 5.16 Å². The van der Waals surface area contributed by atoms with E-state index in [1.165, 1.54) is 11.8 Å². The average molecular weight is 329 g/mol. The molecule has 0 N–H and O–H groups in total. The molecular weight excluding hydrogens is 319 g/mol. The van der Waals surface area contributed by atoms with E-state index in [0.29, 0.717) is 26.8 Å². The molecule has 5 nitrogen and oxygen atoms in total. The first-order valence-corrected chi connectivity index (χ1v) is 7.78. The Kier molecular flexibility index (Phi) is 3.96. The fourth-order valence-electron chi connectivity index (χ4n) is 1.75. The number of rotatable bonds is 5. The molecule has 1 aromatic heterocycles. The first-order valence-electron chi connectivity index (χ1n) is 6.04. The molecule has 1 aliphatic carbocycles. The molecule has 0 aliphatic heterocycles. The van der Waals surface area contributed by atoms with Gasteiger partial charge in [-0.05, 0) is 41.5 Å². The predicted molar refractivity (Wildman–Crippen MR) is 77.6 cm³/mol. The van der Waals surface area contributed by atoms with Crippen LogP contribution in [0.5, 0.6) is 0 Å². The minimum atomic E-state index is -0.0900. The average Bonchev–Trinajstić information content (AvgIpc) is 3.18. The maximum Gasteiger partial charge on any atom is 0.210 e. The number of halogens is 2. The van der Waals surface area contributed by atoms with Gasteiger partial charge in [0.25, 0.3) is 0 Å². The Morgan fingerprint density at radius 3 is 2.95 bits per heavy atom. The third-order valence-corrected chi connectivity index (χ3v) is 4.41. The third kappa shape index (κ3) is 2.97. The second-order valence-electron chi connectivity index (χ2n) is 4.47. The van der Waals surface area contributed by atoms with Crippen LogP contribution in [0, 0.1) is 0 Å². The van der Waals surface area contributed by atoms with Gasteiger partial charge >= 0.3 is 0 Å². The number of carbonyl (C=O) groups excluding carboxylic acids is 1. The molecule has 1 saturated carbocycles. The van der Waals surface area contributed by atoms with Crippen molar-refractivity contribution >= 4 is 40.7 Å². The molecule has 0 unspecified atom stereocenters. The Bertz CT molecular complexity index is 657. The number of thioether (sulfide) groups is 1. The summed E-state index contributed by atoms with van der Waals surface area (Å²) in [5, 5.41) is 13.1. The summed E-state index contributed by atoms with van der Waals surface area (Å²) in [6.07, 6.45) is 2.18. The zero-order valence-electron chi connectivity index (χ0n) is 10.3. The molecule has 104 valence electrons. The maximum absolute atomic E-state index is 12.2. The van der Waals surface area contributed by atoms with Crippen molar-refractivity contribution in [2.75, 3.05) is 5.75 Å². The van der Waals surface area contributed by atoms with Crippen molar-refractivity contribution in [3.63, 3.8) is 0 Å². The summed E-state index contributed by atoms with van der Waals surface area (Å²) in [5.41, 5.74) is 0.428. The lowest BCUT2D eigenvalue weighted by Crippen LogP contribution is -2.05. The smallest absolute Gasteiger partial charge is 0.210 e. The van der Waals surface area contributed by atoms with E-state index in [1.807, 2.05) is 0 Å². The van der Waals surface area contributed by atoms with Crippen LogP contribution in [-0.2, 0) is 0 Å². The van der Waals surface area contributed by atoms with Crippen molar-refractivity contribution in [2.45, 2.75) is 24.0 Å². The molecule has 0 amide bonds. The summed E-state index contributed by atoms with van der Waals surface area (Å²) in [6.45, 7) is 0. The van der Waals surface area contributed by atoms with Gasteiger partial charge in [0, 0.05) is 10.6 Å². The van der Waals surface area contributed by atoms with E-state index >= 15 is 0 Å². The van der Waals surface area contributed by atoms with E-state index in [4.69, 9.17) is 23.2 Å². The quantitative estimate of drug-likeness (QED) is 0.622. The van der Waals surface area contributed by atoms with Crippen molar-refractivity contribution in [2.24, 2.45) is 0 Å². The first kappa shape index (κ1) is 13.9. The molecule has 1 aromatic carbocycles. The Labute approximate surface area is 129 Å². The van der Waals surface area contributed by atoms with Crippen molar-refractivity contribution in [1.29, 1.82) is 0 Å². The standard InChI is InChI=1S/C12H10Cl2N4OS/c13-7-1-4-10(14)9(5-7)11(19)6-20-12-15-16-17-18(12)8-2-3-8/h1,4-5,8H,2-3,6H2. The van der Waals surface area contributed by atoms with Crippen LogP contribution in [0.4, 0.5) is 0 Å². The fourth-order valence-corrected chi connectivity index (χ4v) is 2.97. The molecule has 20 heavy (non-hydrogen) atoms. The van der Waals surface area contributed by atoms with Gasteiger partial charge in [-0.3, -0.25) is 4.79 Å². The monoisotopic (exact) mass is 328 g/mol. The second kappa shape index (κ2) is 5.71. The lowest BCUT2D eigenvalue weighted by Gasteiger charge is -2.04. The second-order valence-corrected chi connectivity index (χ2v) is 6.26. The topological polar surface area (TPSA) is 60.7 Å². The Hall–Kier alpha value is -1.11. The summed E-state index contributed by atoms with van der Waals surface area (Å²) in [5.74, 6) is 0.139. The highest BCUT2D eigenvalue weighted by Crippen LogP contribution is 2.36. The lowest BCUT2D eigenvalue weighted by atomic mass is 10.1. The van der Waals surface area contributed by atoms with Crippen LogP contribution in [0.2, 0.25) is 10.0 Å². The summed E-state index contributed by atoms with van der Waals surface area (Å²) >= 11 is 13.2. The van der Waals surface area contributed by atoms with Crippen LogP contribution in [0.3, 0.4) is 0 Å². The van der Waals surface area contributed by atoms with Gasteiger partial charge in [-0.2, -0.15) is 0 Å². The van der Waals surface area contributed by atoms with Crippen LogP contribution >= 0.6 is 35.0 Å². The van der Waals surface area contributed by atoms with Crippen molar-refractivity contribution in [3.8, 4) is 0 Å². The lowest BCUT2D eigenvalue weighted by molar-refractivity contribution is 0.102. The van der Waals surface area contributed by atoms with E-state index in [2.05, 4.69) is 15.5 Å². The number of Topliss-reactive ketones (excluding diaryl/α,β-unsaturated/α-hetero) is 1. The molecule has 3 rings (SSSR count). The van der Waals surface area contributed by atoms with E-state index in [0.717, 1.165) is 12.8 Å². The van der Waals surface area contributed by atoms with Gasteiger partial charge in [-0.1, -0.05) is 35.0 Å². The summed E-state index contributed by atoms with van der Waals surface area (Å²) in [7, 11) is 0. The predicted octanol–water partition coefficient (Wildman–Crippen LogP) is 3.29. The van der Waals surface area contributed by atoms with E-state index in [-0.39, 0.29) is 11.5 Å². The highest BCUT2D eigenvalue weighted by Gasteiger charge is 2.28. The van der Waals surface area contributed by atoms with Gasteiger partial charge < -0.3 is 0 Å². The number of benzene rings is 1. The number of hydrogen-bond donors (Lipinski definition) is 0. The minimum Gasteiger partial charge on any atom is -0.293 e. The van der Waals surface area contributed by atoms with Crippen molar-refractivity contribution in [3.05, 3.63) is 33.8 Å². The Morgan fingerprint density at radius 2 is 2.20 bits per heavy atom. The molecule has 0 atom stereocenters. The number of aromatic nitrogens is 4. The summed E-state index contributed by atoms with van der Waals surface area (Å²) in [6, 6.07) is 5.24. The van der Waals surface area contributed by atoms with Gasteiger partial charge in [0.1, 0.15) is 0 Å². The number of nitrogens with zero attached hydrogens (tertiary/aromatic N) is 4. The Morgan fingerprint density at radius 1 is 1.40 bits per heavy atom. The van der Waals surface area contributed by atoms with Gasteiger partial charge in [-0.25, -0.2) is 4.68 Å². The largest absolute Gasteiger partial charge is 0.293 e. The molecule has 1 fully saturated rings. The van der Waals surface area contributed by atoms with Crippen LogP contribution in [0.1, 0.15) is 29.2 Å². The molecule has 0 bridgehead atoms. The van der Waals surface area contributed by atoms with Crippen LogP contribution in [0.25, 0.3) is 0 Å². The van der Waals surface area contributed by atoms with E-state index in [9.17, 15) is 4.79 Å². The molecule has 1 heterocycles. The van der Waals surface area contributed by atoms with Crippen LogP contribution in [-0.4, -0.2) is 31.7 Å². The molecule has 0 spiro atoms. The van der Waals surface area contributed by atoms with Crippen LogP contribution < -0.4 is 0 Å². The molecular formula is C12H10Cl2N4OS. The molecule has 8 heteroatoms. The summed E-state index contributed by atoms with van der Waals surface area (Å²) in [4.78, 5) is 12.2. The van der Waals surface area contributed by atoms with Crippen LogP contribution in [0.15, 0.2) is 23.4 Å². The SMILES string of the molecule is O=C(CSc1nnnn1C1CC1)c1cc(Cl)ccc1Cl. The number of tetrazole rings is 1. The molecule has 0 saturated heterocycles. The molecule has 1 aliphatic rings. The van der Waals surface area contributed by atoms with Gasteiger partial charge in [-0.15, -0.1) is 5.10 Å². The van der Waals surface area contributed by atoms with E-state index in [1.54, 1.807) is 22.9 Å². The number of carbonyl (C=O) groups is 1.